The standard InChI is InChI=1S/C22H23ClN4O4S/c1-14-11-15(2)21(16(3)12-14)32(29,30)27(13-20(28)31-4)18-7-5-17(6-8-18)25-19-9-10-24-22(23)26-19/h5-12H,13H2,1-4H3,(H,24,25,26). The molecule has 0 aliphatic carbocycles. The maximum Gasteiger partial charge on any atom is 0.326 e. The second-order valence-corrected chi connectivity index (χ2v) is 9.34. The van der Waals surface area contributed by atoms with Gasteiger partial charge in [0, 0.05) is 11.9 Å². The Kier molecular flexibility index (Phi) is 7.00. The topological polar surface area (TPSA) is 101 Å². The highest BCUT2D eigenvalue weighted by Crippen LogP contribution is 2.30. The van der Waals surface area contributed by atoms with Crippen LogP contribution in [0.5, 0.6) is 0 Å². The first-order valence-corrected chi connectivity index (χ1v) is 11.5. The highest BCUT2D eigenvalue weighted by Gasteiger charge is 2.30. The van der Waals surface area contributed by atoms with E-state index in [1.165, 1.54) is 13.3 Å². The molecule has 0 bridgehead atoms. The molecule has 0 aliphatic rings. The summed E-state index contributed by atoms with van der Waals surface area (Å²) in [5, 5.41) is 3.17. The number of anilines is 3. The SMILES string of the molecule is COC(=O)CN(c1ccc(Nc2ccnc(Cl)n2)cc1)S(=O)(=O)c1c(C)cc(C)cc1C. The Labute approximate surface area is 192 Å². The lowest BCUT2D eigenvalue weighted by Gasteiger charge is -2.25. The normalized spacial score (nSPS) is 11.2. The molecule has 0 saturated heterocycles. The minimum Gasteiger partial charge on any atom is -0.468 e. The van der Waals surface area contributed by atoms with E-state index in [0.717, 1.165) is 9.87 Å². The van der Waals surface area contributed by atoms with Crippen molar-refractivity contribution in [3.05, 3.63) is 70.6 Å². The highest BCUT2D eigenvalue weighted by atomic mass is 35.5. The average molecular weight is 475 g/mol. The molecule has 0 amide bonds. The number of halogens is 1. The number of carbonyl (C=O) groups is 1. The molecule has 0 spiro atoms. The summed E-state index contributed by atoms with van der Waals surface area (Å²) in [5.41, 5.74) is 3.15. The zero-order valence-corrected chi connectivity index (χ0v) is 19.7. The third-order valence-corrected chi connectivity index (χ3v) is 6.97. The van der Waals surface area contributed by atoms with Crippen molar-refractivity contribution in [2.24, 2.45) is 0 Å². The van der Waals surface area contributed by atoms with Crippen LogP contribution in [0.25, 0.3) is 0 Å². The van der Waals surface area contributed by atoms with Crippen molar-refractivity contribution in [3.63, 3.8) is 0 Å². The van der Waals surface area contributed by atoms with Crippen LogP contribution < -0.4 is 9.62 Å². The quantitative estimate of drug-likeness (QED) is 0.405. The second kappa shape index (κ2) is 9.54. The summed E-state index contributed by atoms with van der Waals surface area (Å²) in [5.74, 6) is -0.184. The first kappa shape index (κ1) is 23.5. The van der Waals surface area contributed by atoms with E-state index in [1.54, 1.807) is 56.3 Å². The molecule has 1 heterocycles. The summed E-state index contributed by atoms with van der Waals surface area (Å²) in [6.45, 7) is 4.92. The Morgan fingerprint density at radius 3 is 2.28 bits per heavy atom. The van der Waals surface area contributed by atoms with E-state index in [1.807, 2.05) is 6.92 Å². The number of nitrogens with one attached hydrogen (secondary N) is 1. The summed E-state index contributed by atoms with van der Waals surface area (Å²) in [7, 11) is -2.82. The Balaban J connectivity index is 2.00. The van der Waals surface area contributed by atoms with Gasteiger partial charge in [-0.2, -0.15) is 0 Å². The molecule has 32 heavy (non-hydrogen) atoms. The summed E-state index contributed by atoms with van der Waals surface area (Å²) in [6.07, 6.45) is 1.52. The average Bonchev–Trinajstić information content (AvgIpc) is 2.71. The third-order valence-electron chi connectivity index (χ3n) is 4.71. The van der Waals surface area contributed by atoms with Gasteiger partial charge in [-0.05, 0) is 73.8 Å². The van der Waals surface area contributed by atoms with Crippen LogP contribution in [0.1, 0.15) is 16.7 Å². The number of methoxy groups -OCH3 is 1. The van der Waals surface area contributed by atoms with Gasteiger partial charge in [-0.3, -0.25) is 9.10 Å². The molecule has 1 N–H and O–H groups in total. The lowest BCUT2D eigenvalue weighted by Crippen LogP contribution is -2.37. The van der Waals surface area contributed by atoms with E-state index in [0.29, 0.717) is 28.3 Å². The van der Waals surface area contributed by atoms with E-state index in [4.69, 9.17) is 16.3 Å². The molecule has 0 fully saturated rings. The summed E-state index contributed by atoms with van der Waals surface area (Å²) < 4.78 is 33.0. The van der Waals surface area contributed by atoms with Gasteiger partial charge >= 0.3 is 5.97 Å². The Bertz CT molecular complexity index is 1220. The molecule has 168 valence electrons. The van der Waals surface area contributed by atoms with E-state index in [2.05, 4.69) is 15.3 Å². The molecule has 3 rings (SSSR count). The maximum absolute atomic E-state index is 13.6. The number of sulfonamides is 1. The highest BCUT2D eigenvalue weighted by molar-refractivity contribution is 7.93. The molecule has 8 nitrogen and oxygen atoms in total. The van der Waals surface area contributed by atoms with Crippen LogP contribution in [-0.4, -0.2) is 38.0 Å². The van der Waals surface area contributed by atoms with Gasteiger partial charge in [-0.25, -0.2) is 18.4 Å². The molecule has 10 heteroatoms. The van der Waals surface area contributed by atoms with Gasteiger partial charge in [0.15, 0.2) is 0 Å². The first-order valence-electron chi connectivity index (χ1n) is 9.65. The first-order chi connectivity index (χ1) is 15.1. The van der Waals surface area contributed by atoms with Crippen LogP contribution in [-0.2, 0) is 19.6 Å². The van der Waals surface area contributed by atoms with Crippen molar-refractivity contribution < 1.29 is 17.9 Å². The smallest absolute Gasteiger partial charge is 0.326 e. The third kappa shape index (κ3) is 5.17. The number of carbonyl (C=O) groups excluding carboxylic acids is 1. The summed E-state index contributed by atoms with van der Waals surface area (Å²) >= 11 is 5.80. The number of ether oxygens (including phenoxy) is 1. The molecule has 3 aromatic rings. The monoisotopic (exact) mass is 474 g/mol. The Morgan fingerprint density at radius 2 is 1.72 bits per heavy atom. The number of benzene rings is 2. The van der Waals surface area contributed by atoms with Crippen LogP contribution in [0, 0.1) is 20.8 Å². The zero-order chi connectivity index (χ0) is 23.5. The fraction of sp³-hybridized carbons (Fsp3) is 0.227. The fourth-order valence-corrected chi connectivity index (χ4v) is 5.42. The lowest BCUT2D eigenvalue weighted by atomic mass is 10.1. The van der Waals surface area contributed by atoms with Gasteiger partial charge in [0.05, 0.1) is 17.7 Å². The number of esters is 1. The lowest BCUT2D eigenvalue weighted by molar-refractivity contribution is -0.138. The van der Waals surface area contributed by atoms with E-state index in [9.17, 15) is 13.2 Å². The predicted octanol–water partition coefficient (Wildman–Crippen LogP) is 4.17. The molecule has 0 atom stereocenters. The van der Waals surface area contributed by atoms with Crippen molar-refractivity contribution in [1.82, 2.24) is 9.97 Å². The van der Waals surface area contributed by atoms with Gasteiger partial charge in [-0.1, -0.05) is 17.7 Å². The molecular formula is C22H23ClN4O4S. The maximum atomic E-state index is 13.6. The predicted molar refractivity (Wildman–Crippen MR) is 124 cm³/mol. The van der Waals surface area contributed by atoms with Gasteiger partial charge in [0.25, 0.3) is 10.0 Å². The Hall–Kier alpha value is -3.17. The number of hydrogen-bond donors (Lipinski definition) is 1. The largest absolute Gasteiger partial charge is 0.468 e. The van der Waals surface area contributed by atoms with Crippen LogP contribution in [0.2, 0.25) is 5.28 Å². The van der Waals surface area contributed by atoms with Crippen LogP contribution in [0.3, 0.4) is 0 Å². The molecule has 0 aliphatic heterocycles. The van der Waals surface area contributed by atoms with E-state index in [-0.39, 0.29) is 10.2 Å². The molecule has 2 aromatic carbocycles. The zero-order valence-electron chi connectivity index (χ0n) is 18.1. The van der Waals surface area contributed by atoms with Gasteiger partial charge in [0.2, 0.25) is 5.28 Å². The van der Waals surface area contributed by atoms with Crippen molar-refractivity contribution in [2.45, 2.75) is 25.7 Å². The number of aryl methyl sites for hydroxylation is 3. The fourth-order valence-electron chi connectivity index (χ4n) is 3.44. The number of aromatic nitrogens is 2. The van der Waals surface area contributed by atoms with Crippen molar-refractivity contribution in [3.8, 4) is 0 Å². The van der Waals surface area contributed by atoms with Gasteiger partial charge in [0.1, 0.15) is 12.4 Å². The molecule has 1 aromatic heterocycles. The Morgan fingerprint density at radius 1 is 1.09 bits per heavy atom. The molecule has 0 unspecified atom stereocenters. The van der Waals surface area contributed by atoms with Crippen LogP contribution in [0.15, 0.2) is 53.6 Å². The summed E-state index contributed by atoms with van der Waals surface area (Å²) in [6, 6.07) is 11.8. The second-order valence-electron chi connectivity index (χ2n) is 7.20. The van der Waals surface area contributed by atoms with Crippen LogP contribution in [0.4, 0.5) is 17.2 Å². The molecular weight excluding hydrogens is 452 g/mol. The van der Waals surface area contributed by atoms with Crippen molar-refractivity contribution in [1.29, 1.82) is 0 Å². The van der Waals surface area contributed by atoms with Gasteiger partial charge < -0.3 is 10.1 Å². The van der Waals surface area contributed by atoms with Crippen molar-refractivity contribution in [2.75, 3.05) is 23.3 Å². The number of rotatable bonds is 7. The summed E-state index contributed by atoms with van der Waals surface area (Å²) in [4.78, 5) is 20.1. The minimum atomic E-state index is -4.04. The molecule has 0 radical (unpaired) electrons. The van der Waals surface area contributed by atoms with E-state index >= 15 is 0 Å². The number of hydrogen-bond acceptors (Lipinski definition) is 7. The van der Waals surface area contributed by atoms with E-state index < -0.39 is 22.5 Å². The minimum absolute atomic E-state index is 0.103. The van der Waals surface area contributed by atoms with Gasteiger partial charge in [-0.15, -0.1) is 0 Å². The number of nitrogens with zero attached hydrogens (tertiary/aromatic N) is 3. The van der Waals surface area contributed by atoms with Crippen LogP contribution >= 0.6 is 11.6 Å². The van der Waals surface area contributed by atoms with Crippen molar-refractivity contribution >= 4 is 44.8 Å². The molecule has 0 saturated carbocycles.